The first kappa shape index (κ1) is 13.6. The third-order valence-electron chi connectivity index (χ3n) is 4.16. The quantitative estimate of drug-likeness (QED) is 0.775. The summed E-state index contributed by atoms with van der Waals surface area (Å²) in [5.74, 6) is 1.21. The monoisotopic (exact) mass is 312 g/mol. The van der Waals surface area contributed by atoms with E-state index in [0.717, 1.165) is 34.6 Å². The number of fused-ring (bicyclic) bond motifs is 1. The van der Waals surface area contributed by atoms with Gasteiger partial charge in [0.2, 0.25) is 0 Å². The van der Waals surface area contributed by atoms with Gasteiger partial charge in [0.05, 0.1) is 28.1 Å². The minimum Gasteiger partial charge on any atom is -0.393 e. The molecule has 0 amide bonds. The summed E-state index contributed by atoms with van der Waals surface area (Å²) in [6.07, 6.45) is 4.80. The summed E-state index contributed by atoms with van der Waals surface area (Å²) in [7, 11) is 0. The summed E-state index contributed by atoms with van der Waals surface area (Å²) in [6.45, 7) is 0. The van der Waals surface area contributed by atoms with Crippen LogP contribution in [0, 0.1) is 5.92 Å². The summed E-state index contributed by atoms with van der Waals surface area (Å²) in [4.78, 5) is 13.2. The molecule has 1 aliphatic carbocycles. The molecular weight excluding hydrogens is 296 g/mol. The highest BCUT2D eigenvalue weighted by atomic mass is 32.1. The van der Waals surface area contributed by atoms with Gasteiger partial charge in [0, 0.05) is 6.20 Å². The van der Waals surface area contributed by atoms with Crippen molar-refractivity contribution >= 4 is 27.4 Å². The summed E-state index contributed by atoms with van der Waals surface area (Å²) >= 11 is 1.63. The van der Waals surface area contributed by atoms with Crippen molar-refractivity contribution in [1.82, 2.24) is 15.0 Å². The Bertz CT molecular complexity index is 770. The molecule has 22 heavy (non-hydrogen) atoms. The van der Waals surface area contributed by atoms with E-state index in [1.54, 1.807) is 23.9 Å². The number of aromatic nitrogens is 3. The normalized spacial score (nSPS) is 22.2. The molecule has 0 bridgehead atoms. The minimum absolute atomic E-state index is 0.0600. The van der Waals surface area contributed by atoms with Crippen LogP contribution in [0.15, 0.2) is 42.2 Å². The van der Waals surface area contributed by atoms with E-state index in [2.05, 4.69) is 20.3 Å². The second kappa shape index (κ2) is 5.62. The zero-order valence-corrected chi connectivity index (χ0v) is 12.7. The van der Waals surface area contributed by atoms with Gasteiger partial charge >= 0.3 is 0 Å². The van der Waals surface area contributed by atoms with Crippen LogP contribution in [-0.2, 0) is 0 Å². The molecule has 0 radical (unpaired) electrons. The van der Waals surface area contributed by atoms with Crippen LogP contribution >= 0.6 is 11.3 Å². The Morgan fingerprint density at radius 3 is 2.86 bits per heavy atom. The number of pyridine rings is 1. The second-order valence-electron chi connectivity index (χ2n) is 5.62. The second-order valence-corrected chi connectivity index (χ2v) is 6.54. The Morgan fingerprint density at radius 1 is 1.18 bits per heavy atom. The lowest BCUT2D eigenvalue weighted by Gasteiger charge is -2.38. The van der Waals surface area contributed by atoms with Gasteiger partial charge in [-0.25, -0.2) is 9.97 Å². The molecule has 0 aliphatic heterocycles. The fourth-order valence-electron chi connectivity index (χ4n) is 2.93. The van der Waals surface area contributed by atoms with Crippen LogP contribution in [0.25, 0.3) is 10.2 Å². The first-order valence-corrected chi connectivity index (χ1v) is 8.23. The Hall–Kier alpha value is -2.05. The fraction of sp³-hybridized carbons (Fsp3) is 0.312. The van der Waals surface area contributed by atoms with Crippen LogP contribution in [0.4, 0.5) is 5.82 Å². The molecule has 3 aromatic heterocycles. The summed E-state index contributed by atoms with van der Waals surface area (Å²) in [6, 6.07) is 7.99. The molecule has 1 saturated carbocycles. The van der Waals surface area contributed by atoms with E-state index in [1.807, 2.05) is 29.6 Å². The van der Waals surface area contributed by atoms with Crippen LogP contribution in [0.3, 0.4) is 0 Å². The van der Waals surface area contributed by atoms with Crippen LogP contribution in [-0.4, -0.2) is 26.2 Å². The Morgan fingerprint density at radius 2 is 2.09 bits per heavy atom. The number of nitrogens with one attached hydrogen (secondary N) is 1. The molecule has 1 atom stereocenters. The van der Waals surface area contributed by atoms with E-state index in [4.69, 9.17) is 0 Å². The predicted molar refractivity (Wildman–Crippen MR) is 86.7 cm³/mol. The SMILES string of the molecule is OC1CC([C@H](Nc2ncnc3ccsc23)c2ccccn2)C1. The maximum absolute atomic E-state index is 9.65. The third-order valence-corrected chi connectivity index (χ3v) is 5.07. The first-order valence-electron chi connectivity index (χ1n) is 7.35. The van der Waals surface area contributed by atoms with E-state index in [-0.39, 0.29) is 12.1 Å². The number of aliphatic hydroxyl groups excluding tert-OH is 1. The summed E-state index contributed by atoms with van der Waals surface area (Å²) in [5.41, 5.74) is 1.94. The molecule has 2 N–H and O–H groups in total. The van der Waals surface area contributed by atoms with Gasteiger partial charge in [-0.1, -0.05) is 6.07 Å². The van der Waals surface area contributed by atoms with Crippen LogP contribution in [0.5, 0.6) is 0 Å². The Labute approximate surface area is 132 Å². The number of hydrogen-bond donors (Lipinski definition) is 2. The molecule has 6 heteroatoms. The number of rotatable bonds is 4. The molecule has 112 valence electrons. The smallest absolute Gasteiger partial charge is 0.147 e. The van der Waals surface area contributed by atoms with Crippen molar-refractivity contribution in [3.05, 3.63) is 47.9 Å². The maximum atomic E-state index is 9.65. The molecule has 0 unspecified atom stereocenters. The van der Waals surface area contributed by atoms with Gasteiger partial charge in [-0.05, 0) is 42.3 Å². The molecule has 0 saturated heterocycles. The number of aliphatic hydroxyl groups is 1. The maximum Gasteiger partial charge on any atom is 0.147 e. The lowest BCUT2D eigenvalue weighted by Crippen LogP contribution is -2.36. The number of anilines is 1. The van der Waals surface area contributed by atoms with Crippen molar-refractivity contribution in [2.75, 3.05) is 5.32 Å². The van der Waals surface area contributed by atoms with Gasteiger partial charge in [0.25, 0.3) is 0 Å². The van der Waals surface area contributed by atoms with Crippen LogP contribution in [0.1, 0.15) is 24.6 Å². The first-order chi connectivity index (χ1) is 10.8. The van der Waals surface area contributed by atoms with Crippen molar-refractivity contribution < 1.29 is 5.11 Å². The molecule has 4 rings (SSSR count). The van der Waals surface area contributed by atoms with E-state index in [0.29, 0.717) is 5.92 Å². The van der Waals surface area contributed by atoms with E-state index in [9.17, 15) is 5.11 Å². The van der Waals surface area contributed by atoms with Crippen molar-refractivity contribution in [3.63, 3.8) is 0 Å². The molecule has 5 nitrogen and oxygen atoms in total. The van der Waals surface area contributed by atoms with Gasteiger partial charge in [-0.2, -0.15) is 0 Å². The molecule has 3 heterocycles. The number of hydrogen-bond acceptors (Lipinski definition) is 6. The zero-order valence-electron chi connectivity index (χ0n) is 11.9. The predicted octanol–water partition coefficient (Wildman–Crippen LogP) is 3.01. The highest BCUT2D eigenvalue weighted by Gasteiger charge is 2.35. The van der Waals surface area contributed by atoms with E-state index in [1.165, 1.54) is 0 Å². The average Bonchev–Trinajstić information content (AvgIpc) is 3.00. The molecule has 1 fully saturated rings. The highest BCUT2D eigenvalue weighted by molar-refractivity contribution is 7.17. The minimum atomic E-state index is -0.190. The molecule has 1 aliphatic rings. The van der Waals surface area contributed by atoms with Gasteiger partial charge < -0.3 is 10.4 Å². The Balaban J connectivity index is 1.68. The van der Waals surface area contributed by atoms with Gasteiger partial charge in [-0.3, -0.25) is 4.98 Å². The van der Waals surface area contributed by atoms with Gasteiger partial charge in [-0.15, -0.1) is 11.3 Å². The number of thiophene rings is 1. The highest BCUT2D eigenvalue weighted by Crippen LogP contribution is 2.40. The lowest BCUT2D eigenvalue weighted by molar-refractivity contribution is 0.0334. The van der Waals surface area contributed by atoms with Crippen LogP contribution in [0.2, 0.25) is 0 Å². The third kappa shape index (κ3) is 2.44. The standard InChI is InChI=1S/C16H16N4OS/c21-11-7-10(8-11)14(12-3-1-2-5-17-12)20-16-15-13(4-6-22-15)18-9-19-16/h1-6,9-11,14,21H,7-8H2,(H,18,19,20)/t10?,11?,14-/m0/s1. The largest absolute Gasteiger partial charge is 0.393 e. The average molecular weight is 312 g/mol. The Kier molecular flexibility index (Phi) is 3.48. The molecule has 3 aromatic rings. The summed E-state index contributed by atoms with van der Waals surface area (Å²) in [5, 5.41) is 15.2. The zero-order chi connectivity index (χ0) is 14.9. The van der Waals surface area contributed by atoms with E-state index < -0.39 is 0 Å². The van der Waals surface area contributed by atoms with Crippen molar-refractivity contribution in [2.45, 2.75) is 25.0 Å². The topological polar surface area (TPSA) is 70.9 Å². The van der Waals surface area contributed by atoms with E-state index >= 15 is 0 Å². The summed E-state index contributed by atoms with van der Waals surface area (Å²) < 4.78 is 1.06. The number of nitrogens with zero attached hydrogens (tertiary/aromatic N) is 3. The molecular formula is C16H16N4OS. The van der Waals surface area contributed by atoms with Gasteiger partial charge in [0.15, 0.2) is 0 Å². The van der Waals surface area contributed by atoms with Crippen LogP contribution < -0.4 is 5.32 Å². The van der Waals surface area contributed by atoms with Crippen molar-refractivity contribution in [1.29, 1.82) is 0 Å². The van der Waals surface area contributed by atoms with Crippen molar-refractivity contribution in [3.8, 4) is 0 Å². The van der Waals surface area contributed by atoms with Gasteiger partial charge in [0.1, 0.15) is 12.1 Å². The molecule has 0 aromatic carbocycles. The lowest BCUT2D eigenvalue weighted by atomic mass is 9.76. The molecule has 0 spiro atoms. The fourth-order valence-corrected chi connectivity index (χ4v) is 3.73. The van der Waals surface area contributed by atoms with Crippen molar-refractivity contribution in [2.24, 2.45) is 5.92 Å².